The van der Waals surface area contributed by atoms with Crippen molar-refractivity contribution in [3.8, 4) is 0 Å². The lowest BCUT2D eigenvalue weighted by Crippen LogP contribution is -2.40. The van der Waals surface area contributed by atoms with Crippen molar-refractivity contribution in [2.75, 3.05) is 32.5 Å². The Balaban J connectivity index is 1.75. The molecule has 0 saturated carbocycles. The minimum Gasteiger partial charge on any atom is -0.377 e. The van der Waals surface area contributed by atoms with E-state index in [2.05, 4.69) is 5.32 Å². The molecule has 0 bridgehead atoms. The van der Waals surface area contributed by atoms with E-state index in [1.54, 1.807) is 7.05 Å². The Kier molecular flexibility index (Phi) is 6.26. The zero-order valence-corrected chi connectivity index (χ0v) is 13.3. The lowest BCUT2D eigenvalue weighted by atomic mass is 10.0. The molecule has 5 nitrogen and oxygen atoms in total. The number of likely N-dealkylation sites (N-methyl/N-ethyl adjacent to an activating group) is 1. The van der Waals surface area contributed by atoms with Crippen LogP contribution in [0.5, 0.6) is 0 Å². The maximum Gasteiger partial charge on any atom is 0.213 e. The van der Waals surface area contributed by atoms with Crippen molar-refractivity contribution >= 4 is 10.0 Å². The molecule has 2 atom stereocenters. The fourth-order valence-corrected chi connectivity index (χ4v) is 4.26. The highest BCUT2D eigenvalue weighted by Gasteiger charge is 2.25. The number of nitrogens with one attached hydrogen (secondary N) is 1. The highest BCUT2D eigenvalue weighted by Crippen LogP contribution is 2.16. The Morgan fingerprint density at radius 2 is 2.00 bits per heavy atom. The van der Waals surface area contributed by atoms with Gasteiger partial charge >= 0.3 is 0 Å². The van der Waals surface area contributed by atoms with Gasteiger partial charge in [0.1, 0.15) is 0 Å². The lowest BCUT2D eigenvalue weighted by molar-refractivity contribution is 0.00858. The second kappa shape index (κ2) is 7.73. The number of piperidine rings is 1. The summed E-state index contributed by atoms with van der Waals surface area (Å²) in [6.45, 7) is 2.29. The molecule has 6 heteroatoms. The van der Waals surface area contributed by atoms with Crippen LogP contribution in [0, 0.1) is 0 Å². The van der Waals surface area contributed by atoms with Gasteiger partial charge in [-0.15, -0.1) is 0 Å². The predicted molar refractivity (Wildman–Crippen MR) is 80.3 cm³/mol. The Hall–Kier alpha value is -0.170. The standard InChI is InChI=1S/C14H28N2O3S/c1-16(12-14-7-3-5-10-19-14)20(17,18)11-8-13-6-2-4-9-15-13/h13-15H,2-12H2,1H3. The zero-order valence-electron chi connectivity index (χ0n) is 12.5. The average molecular weight is 304 g/mol. The monoisotopic (exact) mass is 304 g/mol. The quantitative estimate of drug-likeness (QED) is 0.805. The summed E-state index contributed by atoms with van der Waals surface area (Å²) in [6.07, 6.45) is 7.54. The second-order valence-electron chi connectivity index (χ2n) is 6.02. The minimum atomic E-state index is -3.15. The van der Waals surface area contributed by atoms with E-state index in [0.717, 1.165) is 45.3 Å². The van der Waals surface area contributed by atoms with Gasteiger partial charge in [0.15, 0.2) is 0 Å². The molecule has 0 aliphatic carbocycles. The predicted octanol–water partition coefficient (Wildman–Crippen LogP) is 1.35. The molecule has 2 aliphatic heterocycles. The Labute approximate surface area is 123 Å². The molecular formula is C14H28N2O3S. The first-order valence-corrected chi connectivity index (χ1v) is 9.48. The van der Waals surface area contributed by atoms with Crippen molar-refractivity contribution in [1.29, 1.82) is 0 Å². The molecule has 0 aromatic rings. The molecule has 2 aliphatic rings. The third kappa shape index (κ3) is 4.98. The van der Waals surface area contributed by atoms with Gasteiger partial charge in [0.2, 0.25) is 10.0 Å². The Bertz CT molecular complexity index is 374. The lowest BCUT2D eigenvalue weighted by Gasteiger charge is -2.28. The van der Waals surface area contributed by atoms with E-state index in [1.165, 1.54) is 17.1 Å². The first-order chi connectivity index (χ1) is 9.58. The molecular weight excluding hydrogens is 276 g/mol. The first-order valence-electron chi connectivity index (χ1n) is 7.87. The first kappa shape index (κ1) is 16.2. The van der Waals surface area contributed by atoms with E-state index in [4.69, 9.17) is 4.74 Å². The number of hydrogen-bond acceptors (Lipinski definition) is 4. The number of nitrogens with zero attached hydrogens (tertiary/aromatic N) is 1. The summed E-state index contributed by atoms with van der Waals surface area (Å²) in [7, 11) is -1.46. The summed E-state index contributed by atoms with van der Waals surface area (Å²) >= 11 is 0. The van der Waals surface area contributed by atoms with Gasteiger partial charge in [0.05, 0.1) is 11.9 Å². The topological polar surface area (TPSA) is 58.6 Å². The van der Waals surface area contributed by atoms with Crippen LogP contribution in [0.3, 0.4) is 0 Å². The van der Waals surface area contributed by atoms with Gasteiger partial charge < -0.3 is 10.1 Å². The number of sulfonamides is 1. The SMILES string of the molecule is CN(CC1CCCCO1)S(=O)(=O)CCC1CCCCN1. The van der Waals surface area contributed by atoms with Gasteiger partial charge in [-0.25, -0.2) is 12.7 Å². The summed E-state index contributed by atoms with van der Waals surface area (Å²) in [5.41, 5.74) is 0. The van der Waals surface area contributed by atoms with Gasteiger partial charge in [-0.05, 0) is 45.1 Å². The van der Waals surface area contributed by atoms with Gasteiger partial charge in [0.25, 0.3) is 0 Å². The van der Waals surface area contributed by atoms with E-state index in [9.17, 15) is 8.42 Å². The molecule has 2 heterocycles. The second-order valence-corrected chi connectivity index (χ2v) is 8.22. The smallest absolute Gasteiger partial charge is 0.213 e. The van der Waals surface area contributed by atoms with E-state index < -0.39 is 10.0 Å². The Morgan fingerprint density at radius 3 is 2.65 bits per heavy atom. The maximum absolute atomic E-state index is 12.3. The molecule has 20 heavy (non-hydrogen) atoms. The molecule has 0 amide bonds. The molecule has 118 valence electrons. The van der Waals surface area contributed by atoms with Crippen molar-refractivity contribution in [3.63, 3.8) is 0 Å². The average Bonchev–Trinajstić information content (AvgIpc) is 2.47. The number of rotatable bonds is 6. The molecule has 2 rings (SSSR count). The molecule has 2 fully saturated rings. The highest BCUT2D eigenvalue weighted by atomic mass is 32.2. The van der Waals surface area contributed by atoms with Gasteiger partial charge in [-0.3, -0.25) is 0 Å². The fraction of sp³-hybridized carbons (Fsp3) is 1.00. The molecule has 0 aromatic carbocycles. The maximum atomic E-state index is 12.3. The van der Waals surface area contributed by atoms with Crippen molar-refractivity contribution in [1.82, 2.24) is 9.62 Å². The summed E-state index contributed by atoms with van der Waals surface area (Å²) in [4.78, 5) is 0. The highest BCUT2D eigenvalue weighted by molar-refractivity contribution is 7.89. The minimum absolute atomic E-state index is 0.0799. The van der Waals surface area contributed by atoms with Crippen LogP contribution in [0.2, 0.25) is 0 Å². The molecule has 2 unspecified atom stereocenters. The van der Waals surface area contributed by atoms with Crippen LogP contribution in [-0.2, 0) is 14.8 Å². The van der Waals surface area contributed by atoms with E-state index in [0.29, 0.717) is 12.6 Å². The van der Waals surface area contributed by atoms with Crippen molar-refractivity contribution < 1.29 is 13.2 Å². The van der Waals surface area contributed by atoms with E-state index in [1.807, 2.05) is 0 Å². The number of ether oxygens (including phenoxy) is 1. The molecule has 2 saturated heterocycles. The van der Waals surface area contributed by atoms with Crippen LogP contribution in [0.4, 0.5) is 0 Å². The Morgan fingerprint density at radius 1 is 1.20 bits per heavy atom. The molecule has 0 spiro atoms. The number of hydrogen-bond donors (Lipinski definition) is 1. The zero-order chi connectivity index (χ0) is 14.4. The largest absolute Gasteiger partial charge is 0.377 e. The van der Waals surface area contributed by atoms with Crippen LogP contribution < -0.4 is 5.32 Å². The summed E-state index contributed by atoms with van der Waals surface area (Å²) in [5, 5.41) is 3.40. The fourth-order valence-electron chi connectivity index (χ4n) is 2.97. The van der Waals surface area contributed by atoms with E-state index >= 15 is 0 Å². The van der Waals surface area contributed by atoms with Crippen molar-refractivity contribution in [2.45, 2.75) is 57.1 Å². The summed E-state index contributed by atoms with van der Waals surface area (Å²) in [6, 6.07) is 0.373. The summed E-state index contributed by atoms with van der Waals surface area (Å²) < 4.78 is 31.7. The van der Waals surface area contributed by atoms with E-state index in [-0.39, 0.29) is 11.9 Å². The van der Waals surface area contributed by atoms with Crippen LogP contribution in [0.25, 0.3) is 0 Å². The van der Waals surface area contributed by atoms with Gasteiger partial charge in [-0.1, -0.05) is 6.42 Å². The van der Waals surface area contributed by atoms with Gasteiger partial charge in [-0.2, -0.15) is 0 Å². The van der Waals surface area contributed by atoms with Crippen LogP contribution >= 0.6 is 0 Å². The molecule has 0 radical (unpaired) electrons. The van der Waals surface area contributed by atoms with Crippen LogP contribution in [0.15, 0.2) is 0 Å². The third-order valence-corrected chi connectivity index (χ3v) is 6.20. The molecule has 0 aromatic heterocycles. The summed E-state index contributed by atoms with van der Waals surface area (Å²) in [5.74, 6) is 0.244. The molecule has 1 N–H and O–H groups in total. The third-order valence-electron chi connectivity index (χ3n) is 4.35. The normalized spacial score (nSPS) is 28.7. The van der Waals surface area contributed by atoms with Crippen LogP contribution in [0.1, 0.15) is 44.9 Å². The van der Waals surface area contributed by atoms with Crippen molar-refractivity contribution in [3.05, 3.63) is 0 Å². The van der Waals surface area contributed by atoms with Gasteiger partial charge in [0, 0.05) is 26.2 Å². The van der Waals surface area contributed by atoms with Crippen LogP contribution in [-0.4, -0.2) is 57.4 Å². The van der Waals surface area contributed by atoms with Crippen molar-refractivity contribution in [2.24, 2.45) is 0 Å².